The zero-order chi connectivity index (χ0) is 98.6. The van der Waals surface area contributed by atoms with Crippen molar-refractivity contribution in [2.75, 3.05) is 60.0 Å². The minimum Gasteiger partial charge on any atom is -0.460 e. The Morgan fingerprint density at radius 1 is 0.477 bits per heavy atom. The van der Waals surface area contributed by atoms with E-state index in [1.54, 1.807) is 18.2 Å². The summed E-state index contributed by atoms with van der Waals surface area (Å²) in [6.45, 7) is 83.1. The number of nitrogens with one attached hydrogen (secondary N) is 7. The molecule has 0 amide bonds. The molecule has 1 aliphatic heterocycles. The Labute approximate surface area is 784 Å². The summed E-state index contributed by atoms with van der Waals surface area (Å²) >= 11 is 0. The first-order chi connectivity index (χ1) is 60.7. The van der Waals surface area contributed by atoms with Crippen LogP contribution in [0, 0.1) is 5.92 Å². The lowest BCUT2D eigenvalue weighted by Gasteiger charge is -2.24. The molecule has 1 aliphatic rings. The van der Waals surface area contributed by atoms with Crippen LogP contribution in [0.5, 0.6) is 0 Å². The third-order valence-corrected chi connectivity index (χ3v) is 18.7. The Balaban J connectivity index is 0.000000535. The number of Topliss-reactive ketones (excluding diaryl/α,β-unsaturated/α-hetero) is 1. The van der Waals surface area contributed by atoms with Crippen molar-refractivity contribution in [1.82, 2.24) is 36.8 Å². The molecule has 2 unspecified atom stereocenters. The molecule has 25 heteroatoms. The van der Waals surface area contributed by atoms with Gasteiger partial charge in [0.2, 0.25) is 5.78 Å². The number of rotatable bonds is 27. The fourth-order valence-electron chi connectivity index (χ4n) is 12.9. The van der Waals surface area contributed by atoms with Crippen LogP contribution in [0.4, 0.5) is 0 Å². The quantitative estimate of drug-likeness (QED) is 0.00292. The molecular formula is C105H175N19O6+6. The SMILES string of the molecule is CC(C)=NC(NC(C)C)=[N+](CC(=O)c1cc2ccccc2oc1=O)C(C)C.CC(C)=NC(NC(C)C)=[N+](CC(C)C(=O)OC(C)(C)C)C(C)C.CC(C)=NC(NC(C)C)=[N+](CC1CO1)C(C)C.CC(C)=NC(NC(C)C)=[N+](Cc1c2ccccc2cc2ccccc12)C(C)C.CC(C)=NC(NC(C)C)=[N+](Cc1ccccc1)C(C)C.CCNC(N=C(C)C)=[NH+]CCCN(C)C. The predicted molar refractivity (Wildman–Crippen MR) is 555 cm³/mol. The zero-order valence-corrected chi connectivity index (χ0v) is 87.8. The zero-order valence-electron chi connectivity index (χ0n) is 87.8. The lowest BCUT2D eigenvalue weighted by molar-refractivity contribution is -0.576. The highest BCUT2D eigenvalue weighted by atomic mass is 16.6. The van der Waals surface area contributed by atoms with Crippen LogP contribution in [-0.4, -0.2) is 242 Å². The number of guanidine groups is 6. The van der Waals surface area contributed by atoms with E-state index in [0.717, 1.165) is 122 Å². The molecule has 2 atom stereocenters. The van der Waals surface area contributed by atoms with Gasteiger partial charge in [-0.15, -0.1) is 0 Å². The second kappa shape index (κ2) is 59.2. The average Bonchev–Trinajstić information content (AvgIpc) is 1.49. The molecule has 0 spiro atoms. The van der Waals surface area contributed by atoms with Crippen molar-refractivity contribution in [3.05, 3.63) is 142 Å². The van der Waals surface area contributed by atoms with Crippen LogP contribution in [0.2, 0.25) is 0 Å². The van der Waals surface area contributed by atoms with Crippen LogP contribution in [-0.2, 0) is 27.4 Å². The molecule has 1 fully saturated rings. The number of epoxide rings is 1. The second-order valence-electron chi connectivity index (χ2n) is 38.7. The summed E-state index contributed by atoms with van der Waals surface area (Å²) in [5, 5.41) is 26.3. The third-order valence-electron chi connectivity index (χ3n) is 18.7. The maximum absolute atomic E-state index is 12.9. The van der Waals surface area contributed by atoms with E-state index in [1.807, 2.05) is 155 Å². The number of ether oxygens (including phenoxy) is 2. The molecule has 6 aromatic rings. The normalized spacial score (nSPS) is 13.7. The van der Waals surface area contributed by atoms with Crippen LogP contribution in [0.15, 0.2) is 154 Å². The van der Waals surface area contributed by atoms with Gasteiger partial charge in [-0.25, -0.2) is 4.79 Å². The van der Waals surface area contributed by atoms with Crippen molar-refractivity contribution >= 4 is 114 Å². The van der Waals surface area contributed by atoms with E-state index in [9.17, 15) is 14.4 Å². The van der Waals surface area contributed by atoms with Crippen molar-refractivity contribution in [3.8, 4) is 0 Å². The summed E-state index contributed by atoms with van der Waals surface area (Å²) in [6.07, 6.45) is 1.51. The van der Waals surface area contributed by atoms with Gasteiger partial charge in [0, 0.05) is 17.5 Å². The topological polar surface area (TPSA) is 265 Å². The molecule has 0 bridgehead atoms. The largest absolute Gasteiger partial charge is 0.460 e. The number of fused-ring (bicyclic) bond motifs is 3. The van der Waals surface area contributed by atoms with Gasteiger partial charge in [0.1, 0.15) is 29.4 Å². The molecule has 7 N–H and O–H groups in total. The average molecular weight is 1800 g/mol. The van der Waals surface area contributed by atoms with Gasteiger partial charge in [-0.1, -0.05) is 127 Å². The lowest BCUT2D eigenvalue weighted by atomic mass is 9.96. The van der Waals surface area contributed by atoms with E-state index in [0.29, 0.717) is 60.4 Å². The highest BCUT2D eigenvalue weighted by molar-refractivity contribution is 6.03. The summed E-state index contributed by atoms with van der Waals surface area (Å²) in [4.78, 5) is 70.6. The van der Waals surface area contributed by atoms with Gasteiger partial charge in [-0.3, -0.25) is 69.4 Å². The first-order valence-electron chi connectivity index (χ1n) is 47.2. The highest BCUT2D eigenvalue weighted by Gasteiger charge is 2.31. The molecule has 0 radical (unpaired) electrons. The minimum atomic E-state index is -0.615. The number of hydrogen-bond donors (Lipinski definition) is 7. The predicted octanol–water partition coefficient (Wildman–Crippen LogP) is 16.7. The molecule has 25 nitrogen and oxygen atoms in total. The van der Waals surface area contributed by atoms with Gasteiger partial charge in [0.15, 0.2) is 0 Å². The molecule has 5 aromatic carbocycles. The summed E-state index contributed by atoms with van der Waals surface area (Å²) in [5.41, 5.74) is 8.20. The number of para-hydroxylation sites is 1. The fourth-order valence-corrected chi connectivity index (χ4v) is 12.9. The molecule has 7 rings (SSSR count). The molecule has 1 aromatic heterocycles. The first-order valence-corrected chi connectivity index (χ1v) is 47.2. The van der Waals surface area contributed by atoms with E-state index in [1.165, 1.54) is 32.7 Å². The van der Waals surface area contributed by atoms with E-state index >= 15 is 0 Å². The minimum absolute atomic E-state index is 0.0193. The van der Waals surface area contributed by atoms with Crippen LogP contribution in [0.1, 0.15) is 284 Å². The van der Waals surface area contributed by atoms with Crippen LogP contribution in [0.25, 0.3) is 32.5 Å². The Hall–Kier alpha value is -10.3. The van der Waals surface area contributed by atoms with Gasteiger partial charge < -0.3 is 18.8 Å². The third kappa shape index (κ3) is 47.0. The Kier molecular flexibility index (Phi) is 52.7. The molecular weight excluding hydrogens is 1620 g/mol. The van der Waals surface area contributed by atoms with E-state index in [2.05, 4.69) is 302 Å². The summed E-state index contributed by atoms with van der Waals surface area (Å²) in [5.74, 6) is 4.49. The number of carbonyl (C=O) groups is 2. The van der Waals surface area contributed by atoms with Crippen molar-refractivity contribution in [3.63, 3.8) is 0 Å². The fraction of sp³-hybridized carbons (Fsp3) is 0.590. The number of hydrogen-bond acceptors (Lipinski definition) is 7. The van der Waals surface area contributed by atoms with Crippen molar-refractivity contribution in [2.24, 2.45) is 35.9 Å². The molecule has 1 saturated heterocycles. The maximum Gasteiger partial charge on any atom is 0.387 e. The van der Waals surface area contributed by atoms with E-state index in [-0.39, 0.29) is 53.9 Å². The Morgan fingerprint density at radius 3 is 1.22 bits per heavy atom. The van der Waals surface area contributed by atoms with Crippen LogP contribution in [0.3, 0.4) is 0 Å². The van der Waals surface area contributed by atoms with Gasteiger partial charge >= 0.3 is 47.4 Å². The monoisotopic (exact) mass is 1800 g/mol. The van der Waals surface area contributed by atoms with E-state index < -0.39 is 11.2 Å². The van der Waals surface area contributed by atoms with Crippen molar-refractivity contribution in [2.45, 2.75) is 348 Å². The molecule has 720 valence electrons. The second-order valence-corrected chi connectivity index (χ2v) is 38.7. The lowest BCUT2D eigenvalue weighted by Crippen LogP contribution is -2.76. The van der Waals surface area contributed by atoms with Crippen LogP contribution >= 0.6 is 0 Å². The first kappa shape index (κ1) is 116. The molecule has 0 saturated carbocycles. The number of ketones is 1. The van der Waals surface area contributed by atoms with Gasteiger partial charge in [-0.2, -0.15) is 0 Å². The molecule has 0 aliphatic carbocycles. The molecule has 2 heterocycles. The molecule has 130 heavy (non-hydrogen) atoms. The van der Waals surface area contributed by atoms with Crippen molar-refractivity contribution < 1.29 is 51.3 Å². The van der Waals surface area contributed by atoms with E-state index in [4.69, 9.17) is 18.9 Å². The number of aliphatic imine (C=N–C) groups is 6. The van der Waals surface area contributed by atoms with Gasteiger partial charge in [0.25, 0.3) is 0 Å². The summed E-state index contributed by atoms with van der Waals surface area (Å²) in [6, 6.07) is 41.8. The smallest absolute Gasteiger partial charge is 0.387 e. The maximum atomic E-state index is 12.9. The summed E-state index contributed by atoms with van der Waals surface area (Å²) in [7, 11) is 4.17. The van der Waals surface area contributed by atoms with Crippen LogP contribution < -0.4 is 42.5 Å². The Bertz CT molecular complexity index is 4900. The number of nitrogens with zero attached hydrogens (tertiary/aromatic N) is 12. The number of carbonyl (C=O) groups excluding carboxylic acids is 2. The van der Waals surface area contributed by atoms with Gasteiger partial charge in [0.05, 0.1) is 146 Å². The standard InChI is InChI=1S/C25H31N3.C21H27N3O3.C18H35N3O2.C17H27N3.C13H25N3O.C11H24N4/c1-17(2)26-25(27-18(3)4)28(19(5)6)16-24-22-13-9-7-11-20(22)15-21-12-8-10-14-23(21)24;1-13(2)22-21(23-14(3)4)24(15(5)6)12-18(25)17-11-16-9-7-8-10-19(16)27-20(17)26;1-12(2)19-17(20-13(3)4)21(14(5)6)11-15(7)16(22)23-18(8,9)10;1-13(2)18-17(19-14(3)4)20(15(5)6)12-16-10-8-7-9-11-16;1-9(2)14-13(15-10(3)4)16(11(5)6)7-12-8-17-12;1-6-12-11(14-10(2)3)13-8-7-9-15(4)5/h7-15,17,19H,16H2,1-6H3;7-11,13,15H,12H2,1-6H3;12,14-15H,11H2,1-10H3;7-11,13,15H,12H2,1-6H3;9,11-12H,7-8H2,1-6H3;6-9H2,1-5H3,(H,12,13)/p+6. The number of esters is 1. The highest BCUT2D eigenvalue weighted by Crippen LogP contribution is 2.30. The summed E-state index contributed by atoms with van der Waals surface area (Å²) < 4.78 is 27.1. The van der Waals surface area contributed by atoms with Crippen molar-refractivity contribution in [1.29, 1.82) is 0 Å². The van der Waals surface area contributed by atoms with Gasteiger partial charge in [-0.05, 0) is 322 Å². The number of benzene rings is 5. The Morgan fingerprint density at radius 2 is 0.846 bits per heavy atom.